The number of thiophene rings is 1. The maximum atomic E-state index is 5.39. The smallest absolute Gasteiger partial charge is 0.203 e. The fraction of sp³-hybridized carbons (Fsp3) is 0.389. The molecule has 1 aromatic carbocycles. The van der Waals surface area contributed by atoms with Gasteiger partial charge in [-0.3, -0.25) is 0 Å². The minimum atomic E-state index is 0. The molecule has 0 atom stereocenters. The van der Waals surface area contributed by atoms with Crippen LogP contribution in [0.4, 0.5) is 0 Å². The molecule has 0 saturated heterocycles. The molecule has 2 rings (SSSR count). The zero-order chi connectivity index (χ0) is 18.1. The molecule has 0 amide bonds. The maximum Gasteiger partial charge on any atom is 0.203 e. The van der Waals surface area contributed by atoms with E-state index in [1.807, 2.05) is 25.1 Å². The maximum absolute atomic E-state index is 5.39. The first-order valence-electron chi connectivity index (χ1n) is 8.05. The predicted molar refractivity (Wildman–Crippen MR) is 117 cm³/mol. The third kappa shape index (κ3) is 6.24. The van der Waals surface area contributed by atoms with Crippen molar-refractivity contribution in [2.24, 2.45) is 4.99 Å². The largest absolute Gasteiger partial charge is 0.493 e. The molecule has 0 spiro atoms. The lowest BCUT2D eigenvalue weighted by Gasteiger charge is -2.14. The van der Waals surface area contributed by atoms with Gasteiger partial charge in [0, 0.05) is 11.4 Å². The van der Waals surface area contributed by atoms with Gasteiger partial charge in [0.05, 0.1) is 34.4 Å². The molecule has 0 bridgehead atoms. The van der Waals surface area contributed by atoms with Crippen molar-refractivity contribution in [2.75, 3.05) is 27.9 Å². The molecule has 0 aliphatic carbocycles. The van der Waals surface area contributed by atoms with E-state index >= 15 is 0 Å². The predicted octanol–water partition coefficient (Wildman–Crippen LogP) is 3.65. The zero-order valence-electron chi connectivity index (χ0n) is 15.5. The van der Waals surface area contributed by atoms with Crippen LogP contribution in [0.3, 0.4) is 0 Å². The van der Waals surface area contributed by atoms with Crippen LogP contribution >= 0.6 is 35.3 Å². The van der Waals surface area contributed by atoms with Gasteiger partial charge in [-0.25, -0.2) is 4.99 Å². The Morgan fingerprint density at radius 1 is 1.08 bits per heavy atom. The summed E-state index contributed by atoms with van der Waals surface area (Å²) in [7, 11) is 4.81. The molecule has 0 aliphatic rings. The second kappa shape index (κ2) is 11.8. The van der Waals surface area contributed by atoms with Crippen molar-refractivity contribution in [1.82, 2.24) is 10.6 Å². The fourth-order valence-electron chi connectivity index (χ4n) is 2.32. The number of nitrogens with zero attached hydrogens (tertiary/aromatic N) is 1. The van der Waals surface area contributed by atoms with Crippen molar-refractivity contribution in [3.63, 3.8) is 0 Å². The second-order valence-electron chi connectivity index (χ2n) is 5.16. The highest BCUT2D eigenvalue weighted by atomic mass is 127. The van der Waals surface area contributed by atoms with Crippen LogP contribution in [0.5, 0.6) is 17.2 Å². The van der Waals surface area contributed by atoms with Gasteiger partial charge in [-0.15, -0.1) is 35.3 Å². The van der Waals surface area contributed by atoms with Gasteiger partial charge in [-0.2, -0.15) is 0 Å². The van der Waals surface area contributed by atoms with Gasteiger partial charge in [-0.05, 0) is 36.1 Å². The Morgan fingerprint density at radius 2 is 1.77 bits per heavy atom. The molecule has 2 aromatic rings. The number of aliphatic imine (C=N–C) groups is 1. The van der Waals surface area contributed by atoms with E-state index in [1.165, 1.54) is 4.88 Å². The molecule has 1 heterocycles. The number of benzene rings is 1. The molecular formula is C18H26IN3O3S. The average molecular weight is 491 g/mol. The molecule has 6 nitrogen and oxygen atoms in total. The second-order valence-corrected chi connectivity index (χ2v) is 6.19. The van der Waals surface area contributed by atoms with Crippen LogP contribution < -0.4 is 24.8 Å². The van der Waals surface area contributed by atoms with Gasteiger partial charge in [-0.1, -0.05) is 6.07 Å². The first-order valence-corrected chi connectivity index (χ1v) is 8.93. The molecule has 0 aliphatic heterocycles. The summed E-state index contributed by atoms with van der Waals surface area (Å²) >= 11 is 1.72. The van der Waals surface area contributed by atoms with Crippen LogP contribution in [0.25, 0.3) is 0 Å². The summed E-state index contributed by atoms with van der Waals surface area (Å²) in [4.78, 5) is 5.90. The van der Waals surface area contributed by atoms with Crippen molar-refractivity contribution < 1.29 is 14.2 Å². The normalized spacial score (nSPS) is 10.7. The van der Waals surface area contributed by atoms with Crippen molar-refractivity contribution in [2.45, 2.75) is 20.0 Å². The lowest BCUT2D eigenvalue weighted by atomic mass is 10.2. The van der Waals surface area contributed by atoms with E-state index in [-0.39, 0.29) is 24.0 Å². The minimum Gasteiger partial charge on any atom is -0.493 e. The summed E-state index contributed by atoms with van der Waals surface area (Å²) < 4.78 is 16.1. The number of guanidine groups is 1. The topological polar surface area (TPSA) is 64.1 Å². The van der Waals surface area contributed by atoms with Crippen LogP contribution in [0.2, 0.25) is 0 Å². The number of nitrogens with one attached hydrogen (secondary N) is 2. The quantitative estimate of drug-likeness (QED) is 0.336. The lowest BCUT2D eigenvalue weighted by Crippen LogP contribution is -2.36. The van der Waals surface area contributed by atoms with Crippen molar-refractivity contribution in [3.8, 4) is 17.2 Å². The standard InChI is InChI=1S/C18H25N3O3S.HI/c1-5-19-18(21-12-14-7-6-8-25-14)20-11-13-9-15(22-2)17(24-4)16(10-13)23-3;/h6-10H,5,11-12H2,1-4H3,(H2,19,20,21);1H. The van der Waals surface area contributed by atoms with E-state index in [4.69, 9.17) is 14.2 Å². The Labute approximate surface area is 176 Å². The molecule has 2 N–H and O–H groups in total. The van der Waals surface area contributed by atoms with Crippen LogP contribution in [-0.2, 0) is 13.1 Å². The van der Waals surface area contributed by atoms with E-state index in [0.717, 1.165) is 24.6 Å². The summed E-state index contributed by atoms with van der Waals surface area (Å²) in [6.07, 6.45) is 0. The Hall–Kier alpha value is -1.68. The monoisotopic (exact) mass is 491 g/mol. The highest BCUT2D eigenvalue weighted by Crippen LogP contribution is 2.38. The number of rotatable bonds is 8. The summed E-state index contributed by atoms with van der Waals surface area (Å²) in [5.41, 5.74) is 0.975. The molecular weight excluding hydrogens is 465 g/mol. The first-order chi connectivity index (χ1) is 12.2. The summed E-state index contributed by atoms with van der Waals surface area (Å²) in [5.74, 6) is 2.61. The van der Waals surface area contributed by atoms with E-state index in [1.54, 1.807) is 32.7 Å². The summed E-state index contributed by atoms with van der Waals surface area (Å²) in [6, 6.07) is 7.96. The van der Waals surface area contributed by atoms with Crippen molar-refractivity contribution >= 4 is 41.3 Å². The van der Waals surface area contributed by atoms with Gasteiger partial charge in [0.25, 0.3) is 0 Å². The van der Waals surface area contributed by atoms with Crippen LogP contribution in [-0.4, -0.2) is 33.8 Å². The molecule has 0 radical (unpaired) electrons. The molecule has 0 unspecified atom stereocenters. The molecule has 0 saturated carbocycles. The number of methoxy groups -OCH3 is 3. The third-order valence-electron chi connectivity index (χ3n) is 3.50. The number of hydrogen-bond donors (Lipinski definition) is 2. The van der Waals surface area contributed by atoms with Gasteiger partial charge < -0.3 is 24.8 Å². The number of halogens is 1. The zero-order valence-corrected chi connectivity index (χ0v) is 18.6. The Bertz CT molecular complexity index is 668. The van der Waals surface area contributed by atoms with Crippen molar-refractivity contribution in [3.05, 3.63) is 40.1 Å². The number of ether oxygens (including phenoxy) is 3. The Morgan fingerprint density at radius 3 is 2.27 bits per heavy atom. The average Bonchev–Trinajstić information content (AvgIpc) is 3.16. The van der Waals surface area contributed by atoms with Gasteiger partial charge in [0.1, 0.15) is 0 Å². The van der Waals surface area contributed by atoms with E-state index in [9.17, 15) is 0 Å². The van der Waals surface area contributed by atoms with Crippen LogP contribution in [0.15, 0.2) is 34.6 Å². The van der Waals surface area contributed by atoms with E-state index in [2.05, 4.69) is 27.1 Å². The van der Waals surface area contributed by atoms with E-state index in [0.29, 0.717) is 23.8 Å². The number of hydrogen-bond acceptors (Lipinski definition) is 5. The molecule has 1 aromatic heterocycles. The SMILES string of the molecule is CCNC(=NCc1cc(OC)c(OC)c(OC)c1)NCc1cccs1.I. The molecule has 144 valence electrons. The first kappa shape index (κ1) is 22.4. The molecule has 26 heavy (non-hydrogen) atoms. The van der Waals surface area contributed by atoms with Gasteiger partial charge in [0.2, 0.25) is 5.75 Å². The van der Waals surface area contributed by atoms with E-state index < -0.39 is 0 Å². The molecule has 8 heteroatoms. The third-order valence-corrected chi connectivity index (χ3v) is 4.38. The Kier molecular flexibility index (Phi) is 10.2. The van der Waals surface area contributed by atoms with Crippen molar-refractivity contribution in [1.29, 1.82) is 0 Å². The summed E-state index contributed by atoms with van der Waals surface area (Å²) in [6.45, 7) is 4.09. The van der Waals surface area contributed by atoms with Crippen LogP contribution in [0, 0.1) is 0 Å². The lowest BCUT2D eigenvalue weighted by molar-refractivity contribution is 0.324. The highest BCUT2D eigenvalue weighted by molar-refractivity contribution is 14.0. The summed E-state index contributed by atoms with van der Waals surface area (Å²) in [5, 5.41) is 8.65. The van der Waals surface area contributed by atoms with Gasteiger partial charge >= 0.3 is 0 Å². The fourth-order valence-corrected chi connectivity index (χ4v) is 2.97. The minimum absolute atomic E-state index is 0. The highest BCUT2D eigenvalue weighted by Gasteiger charge is 2.13. The Balaban J connectivity index is 0.00000338. The van der Waals surface area contributed by atoms with Gasteiger partial charge in [0.15, 0.2) is 17.5 Å². The molecule has 0 fully saturated rings. The van der Waals surface area contributed by atoms with Crippen LogP contribution in [0.1, 0.15) is 17.4 Å².